The van der Waals surface area contributed by atoms with Crippen LogP contribution in [0.4, 0.5) is 4.79 Å². The fourth-order valence-electron chi connectivity index (χ4n) is 6.65. The molecule has 1 aliphatic rings. The van der Waals surface area contributed by atoms with Crippen molar-refractivity contribution in [2.24, 2.45) is 0 Å². The van der Waals surface area contributed by atoms with Gasteiger partial charge in [-0.3, -0.25) is 5.32 Å². The number of aliphatic carboxylic acids is 1. The third kappa shape index (κ3) is 6.62. The summed E-state index contributed by atoms with van der Waals surface area (Å²) in [5.41, 5.74) is 6.84. The predicted octanol–water partition coefficient (Wildman–Crippen LogP) is 7.35. The molecule has 5 aromatic carbocycles. The number of carboxylic acid groups (broad SMARTS) is 1. The molecule has 5 aromatic rings. The normalized spacial score (nSPS) is 12.9. The molecule has 0 fully saturated rings. The zero-order valence-corrected chi connectivity index (χ0v) is 26.3. The standard InChI is InChI=1S/C40H38N2O5/c1-46-31-24-22-30(23-25-31)40(28-13-4-2-5-14-28,29-15-6-3-7-16-29)41-26-12-21-37(38(43)44)42-39(45)47-27-36-34-19-10-8-17-32(34)33-18-9-11-20-35(33)36/h2-11,13-20,22-25,36-37,41H,12,21,26-27H2,1H3,(H,42,45)(H,43,44)/t37-/m1/s1. The van der Waals surface area contributed by atoms with Crippen LogP contribution in [0.25, 0.3) is 11.1 Å². The van der Waals surface area contributed by atoms with Crippen LogP contribution in [0.1, 0.15) is 46.6 Å². The number of carboxylic acids is 1. The number of hydrogen-bond acceptors (Lipinski definition) is 5. The molecule has 7 heteroatoms. The molecule has 238 valence electrons. The van der Waals surface area contributed by atoms with Crippen molar-refractivity contribution in [3.05, 3.63) is 161 Å². The first kappa shape index (κ1) is 31.6. The molecule has 0 aromatic heterocycles. The van der Waals surface area contributed by atoms with Crippen molar-refractivity contribution in [3.8, 4) is 16.9 Å². The number of rotatable bonds is 13. The van der Waals surface area contributed by atoms with Crippen LogP contribution in [0.15, 0.2) is 133 Å². The van der Waals surface area contributed by atoms with E-state index in [-0.39, 0.29) is 18.9 Å². The highest BCUT2D eigenvalue weighted by atomic mass is 16.5. The number of alkyl carbamates (subject to hydrolysis) is 1. The van der Waals surface area contributed by atoms with E-state index in [9.17, 15) is 14.7 Å². The van der Waals surface area contributed by atoms with E-state index in [1.807, 2.05) is 97.1 Å². The Morgan fingerprint density at radius 1 is 0.723 bits per heavy atom. The van der Waals surface area contributed by atoms with Crippen molar-refractivity contribution < 1.29 is 24.2 Å². The van der Waals surface area contributed by atoms with E-state index in [0.717, 1.165) is 44.7 Å². The fraction of sp³-hybridized carbons (Fsp3) is 0.200. The first-order chi connectivity index (χ1) is 23.0. The summed E-state index contributed by atoms with van der Waals surface area (Å²) in [6.45, 7) is 0.595. The van der Waals surface area contributed by atoms with Crippen LogP contribution in [0.5, 0.6) is 5.75 Å². The number of fused-ring (bicyclic) bond motifs is 3. The van der Waals surface area contributed by atoms with Crippen LogP contribution in [-0.2, 0) is 15.1 Å². The summed E-state index contributed by atoms with van der Waals surface area (Å²) < 4.78 is 11.1. The monoisotopic (exact) mass is 626 g/mol. The smallest absolute Gasteiger partial charge is 0.407 e. The number of hydrogen-bond donors (Lipinski definition) is 3. The highest BCUT2D eigenvalue weighted by Gasteiger charge is 2.36. The van der Waals surface area contributed by atoms with Crippen LogP contribution in [0, 0.1) is 0 Å². The van der Waals surface area contributed by atoms with Gasteiger partial charge in [0, 0.05) is 5.92 Å². The summed E-state index contributed by atoms with van der Waals surface area (Å²) >= 11 is 0. The maximum Gasteiger partial charge on any atom is 0.407 e. The maximum absolute atomic E-state index is 12.9. The minimum absolute atomic E-state index is 0.109. The van der Waals surface area contributed by atoms with Gasteiger partial charge < -0.3 is 19.9 Å². The molecule has 1 amide bonds. The van der Waals surface area contributed by atoms with Gasteiger partial charge in [0.2, 0.25) is 0 Å². The van der Waals surface area contributed by atoms with E-state index in [1.165, 1.54) is 0 Å². The Bertz CT molecular complexity index is 1720. The highest BCUT2D eigenvalue weighted by molar-refractivity contribution is 5.81. The number of benzene rings is 5. The van der Waals surface area contributed by atoms with Crippen LogP contribution in [0.3, 0.4) is 0 Å². The van der Waals surface area contributed by atoms with E-state index < -0.39 is 23.6 Å². The average Bonchev–Trinajstić information content (AvgIpc) is 3.44. The molecule has 6 rings (SSSR count). The highest BCUT2D eigenvalue weighted by Crippen LogP contribution is 2.44. The SMILES string of the molecule is COc1ccc(C(NCCC[C@@H](NC(=O)OCC2c3ccccc3-c3ccccc32)C(=O)O)(c2ccccc2)c2ccccc2)cc1. The van der Waals surface area contributed by atoms with E-state index in [1.54, 1.807) is 7.11 Å². The van der Waals surface area contributed by atoms with Crippen molar-refractivity contribution in [1.82, 2.24) is 10.6 Å². The summed E-state index contributed by atoms with van der Waals surface area (Å²) in [7, 11) is 1.64. The molecular weight excluding hydrogens is 588 g/mol. The van der Waals surface area contributed by atoms with Crippen molar-refractivity contribution in [1.29, 1.82) is 0 Å². The second-order valence-corrected chi connectivity index (χ2v) is 11.6. The molecule has 7 nitrogen and oxygen atoms in total. The van der Waals surface area contributed by atoms with E-state index >= 15 is 0 Å². The molecule has 0 aliphatic heterocycles. The molecule has 0 bridgehead atoms. The molecule has 0 heterocycles. The summed E-state index contributed by atoms with van der Waals surface area (Å²) in [6.07, 6.45) is -0.0409. The van der Waals surface area contributed by atoms with E-state index in [4.69, 9.17) is 9.47 Å². The molecule has 0 unspecified atom stereocenters. The van der Waals surface area contributed by atoms with Gasteiger partial charge in [0.25, 0.3) is 0 Å². The molecule has 1 atom stereocenters. The average molecular weight is 627 g/mol. The lowest BCUT2D eigenvalue weighted by Gasteiger charge is -2.37. The van der Waals surface area contributed by atoms with Crippen molar-refractivity contribution in [2.75, 3.05) is 20.3 Å². The van der Waals surface area contributed by atoms with Crippen molar-refractivity contribution in [2.45, 2.75) is 30.3 Å². The Balaban J connectivity index is 1.14. The van der Waals surface area contributed by atoms with Crippen LogP contribution >= 0.6 is 0 Å². The molecule has 0 saturated carbocycles. The lowest BCUT2D eigenvalue weighted by atomic mass is 9.77. The van der Waals surface area contributed by atoms with Crippen LogP contribution < -0.4 is 15.4 Å². The summed E-state index contributed by atoms with van der Waals surface area (Å²) in [5.74, 6) is -0.457. The zero-order chi connectivity index (χ0) is 32.6. The second-order valence-electron chi connectivity index (χ2n) is 11.6. The number of methoxy groups -OCH3 is 1. The molecule has 1 aliphatic carbocycles. The number of nitrogens with one attached hydrogen (secondary N) is 2. The van der Waals surface area contributed by atoms with Gasteiger partial charge >= 0.3 is 12.1 Å². The predicted molar refractivity (Wildman–Crippen MR) is 183 cm³/mol. The minimum atomic E-state index is -1.11. The topological polar surface area (TPSA) is 96.9 Å². The Morgan fingerprint density at radius 2 is 1.23 bits per heavy atom. The Morgan fingerprint density at radius 3 is 1.77 bits per heavy atom. The Labute approximate surface area is 275 Å². The largest absolute Gasteiger partial charge is 0.497 e. The second kappa shape index (κ2) is 14.4. The minimum Gasteiger partial charge on any atom is -0.497 e. The molecule has 0 saturated heterocycles. The van der Waals surface area contributed by atoms with Gasteiger partial charge in [0.05, 0.1) is 12.6 Å². The third-order valence-corrected chi connectivity index (χ3v) is 8.93. The van der Waals surface area contributed by atoms with E-state index in [0.29, 0.717) is 13.0 Å². The van der Waals surface area contributed by atoms with Gasteiger partial charge in [0.1, 0.15) is 18.4 Å². The summed E-state index contributed by atoms with van der Waals surface area (Å²) in [5, 5.41) is 16.4. The number of carbonyl (C=O) groups is 2. The maximum atomic E-state index is 12.9. The van der Waals surface area contributed by atoms with Gasteiger partial charge in [-0.05, 0) is 70.5 Å². The first-order valence-electron chi connectivity index (χ1n) is 15.9. The Hall–Kier alpha value is -5.40. The molecule has 0 spiro atoms. The van der Waals surface area contributed by atoms with Crippen LogP contribution in [-0.4, -0.2) is 43.5 Å². The van der Waals surface area contributed by atoms with Crippen molar-refractivity contribution in [3.63, 3.8) is 0 Å². The Kier molecular flexibility index (Phi) is 9.64. The molecular formula is C40H38N2O5. The zero-order valence-electron chi connectivity index (χ0n) is 26.3. The van der Waals surface area contributed by atoms with Gasteiger partial charge in [-0.15, -0.1) is 0 Å². The number of ether oxygens (including phenoxy) is 2. The lowest BCUT2D eigenvalue weighted by molar-refractivity contribution is -0.139. The van der Waals surface area contributed by atoms with Gasteiger partial charge in [-0.2, -0.15) is 0 Å². The summed E-state index contributed by atoms with van der Waals surface area (Å²) in [6, 6.07) is 43.4. The van der Waals surface area contributed by atoms with Gasteiger partial charge in [0.15, 0.2) is 0 Å². The van der Waals surface area contributed by atoms with Gasteiger partial charge in [-0.25, -0.2) is 9.59 Å². The number of amides is 1. The first-order valence-corrected chi connectivity index (χ1v) is 15.9. The van der Waals surface area contributed by atoms with Gasteiger partial charge in [-0.1, -0.05) is 121 Å². The molecule has 47 heavy (non-hydrogen) atoms. The molecule has 3 N–H and O–H groups in total. The third-order valence-electron chi connectivity index (χ3n) is 8.93. The van der Waals surface area contributed by atoms with Crippen molar-refractivity contribution >= 4 is 12.1 Å². The lowest BCUT2D eigenvalue weighted by Crippen LogP contribution is -2.46. The van der Waals surface area contributed by atoms with E-state index in [2.05, 4.69) is 47.0 Å². The summed E-state index contributed by atoms with van der Waals surface area (Å²) in [4.78, 5) is 25.2. The fourth-order valence-corrected chi connectivity index (χ4v) is 6.65. The number of carbonyl (C=O) groups excluding carboxylic acids is 1. The van der Waals surface area contributed by atoms with Crippen LogP contribution in [0.2, 0.25) is 0 Å². The molecule has 0 radical (unpaired) electrons. The quantitative estimate of drug-likeness (QED) is 0.0935.